The molecule has 1 heterocycles. The number of aromatic nitrogens is 3. The van der Waals surface area contributed by atoms with E-state index < -0.39 is 0 Å². The molecule has 0 aliphatic carbocycles. The minimum atomic E-state index is 0.731. The molecule has 124 valence electrons. The smallest absolute Gasteiger partial charge is 0.191 e. The average Bonchev–Trinajstić information content (AvgIpc) is 2.97. The lowest BCUT2D eigenvalue weighted by Crippen LogP contribution is -2.02. The number of hydrogen-bond donors (Lipinski definition) is 0. The Morgan fingerprint density at radius 2 is 1.88 bits per heavy atom. The SMILES string of the molecule is CCCn1c(SCc2cccc(C)c2)nnc1-c1ccc(Cl)cc1. The van der Waals surface area contributed by atoms with E-state index in [4.69, 9.17) is 11.6 Å². The van der Waals surface area contributed by atoms with E-state index in [-0.39, 0.29) is 0 Å². The molecule has 0 aliphatic heterocycles. The maximum Gasteiger partial charge on any atom is 0.191 e. The van der Waals surface area contributed by atoms with Crippen molar-refractivity contribution in [3.63, 3.8) is 0 Å². The Balaban J connectivity index is 1.84. The summed E-state index contributed by atoms with van der Waals surface area (Å²) in [6, 6.07) is 16.4. The normalized spacial score (nSPS) is 11.0. The summed E-state index contributed by atoms with van der Waals surface area (Å²) in [5.74, 6) is 1.80. The molecule has 0 saturated heterocycles. The van der Waals surface area contributed by atoms with Gasteiger partial charge in [-0.3, -0.25) is 0 Å². The van der Waals surface area contributed by atoms with Crippen molar-refractivity contribution in [2.45, 2.75) is 37.7 Å². The standard InChI is InChI=1S/C19H20ClN3S/c1-3-11-23-18(16-7-9-17(20)10-8-16)21-22-19(23)24-13-15-6-4-5-14(2)12-15/h4-10,12H,3,11,13H2,1-2H3. The van der Waals surface area contributed by atoms with Crippen LogP contribution in [0.25, 0.3) is 11.4 Å². The van der Waals surface area contributed by atoms with Crippen LogP contribution in [-0.4, -0.2) is 14.8 Å². The Morgan fingerprint density at radius 1 is 1.08 bits per heavy atom. The van der Waals surface area contributed by atoms with Crippen molar-refractivity contribution in [1.29, 1.82) is 0 Å². The second kappa shape index (κ2) is 7.86. The van der Waals surface area contributed by atoms with Gasteiger partial charge in [-0.15, -0.1) is 10.2 Å². The number of halogens is 1. The largest absolute Gasteiger partial charge is 0.302 e. The van der Waals surface area contributed by atoms with E-state index in [9.17, 15) is 0 Å². The first-order valence-corrected chi connectivity index (χ1v) is 9.41. The second-order valence-corrected chi connectivity index (χ2v) is 7.12. The zero-order valence-electron chi connectivity index (χ0n) is 13.9. The van der Waals surface area contributed by atoms with Crippen LogP contribution in [0.4, 0.5) is 0 Å². The molecule has 0 spiro atoms. The first-order chi connectivity index (χ1) is 11.7. The first-order valence-electron chi connectivity index (χ1n) is 8.05. The van der Waals surface area contributed by atoms with Gasteiger partial charge in [0, 0.05) is 22.9 Å². The number of nitrogens with zero attached hydrogens (tertiary/aromatic N) is 3. The molecule has 0 N–H and O–H groups in total. The second-order valence-electron chi connectivity index (χ2n) is 5.74. The summed E-state index contributed by atoms with van der Waals surface area (Å²) < 4.78 is 2.20. The highest BCUT2D eigenvalue weighted by Gasteiger charge is 2.14. The lowest BCUT2D eigenvalue weighted by atomic mass is 10.2. The molecule has 2 aromatic carbocycles. The molecule has 0 unspecified atom stereocenters. The Bertz CT molecular complexity index is 812. The highest BCUT2D eigenvalue weighted by atomic mass is 35.5. The molecule has 0 fully saturated rings. The maximum atomic E-state index is 5.99. The van der Waals surface area contributed by atoms with Crippen LogP contribution >= 0.6 is 23.4 Å². The molecule has 3 aromatic rings. The summed E-state index contributed by atoms with van der Waals surface area (Å²) in [5.41, 5.74) is 3.63. The molecule has 24 heavy (non-hydrogen) atoms. The van der Waals surface area contributed by atoms with E-state index in [0.717, 1.165) is 40.3 Å². The van der Waals surface area contributed by atoms with Gasteiger partial charge >= 0.3 is 0 Å². The van der Waals surface area contributed by atoms with Crippen molar-refractivity contribution >= 4 is 23.4 Å². The van der Waals surface area contributed by atoms with E-state index in [1.807, 2.05) is 24.3 Å². The molecule has 3 nitrogen and oxygen atoms in total. The molecule has 1 aromatic heterocycles. The molecule has 0 saturated carbocycles. The molecule has 3 rings (SSSR count). The van der Waals surface area contributed by atoms with Crippen LogP contribution < -0.4 is 0 Å². The van der Waals surface area contributed by atoms with E-state index in [1.54, 1.807) is 11.8 Å². The predicted molar refractivity (Wildman–Crippen MR) is 101 cm³/mol. The van der Waals surface area contributed by atoms with Crippen LogP contribution in [-0.2, 0) is 12.3 Å². The predicted octanol–water partition coefficient (Wildman–Crippen LogP) is 5.61. The Morgan fingerprint density at radius 3 is 2.58 bits per heavy atom. The minimum Gasteiger partial charge on any atom is -0.302 e. The van der Waals surface area contributed by atoms with Crippen molar-refractivity contribution in [1.82, 2.24) is 14.8 Å². The van der Waals surface area contributed by atoms with Gasteiger partial charge in [0.2, 0.25) is 0 Å². The van der Waals surface area contributed by atoms with Crippen LogP contribution in [0.3, 0.4) is 0 Å². The van der Waals surface area contributed by atoms with Crippen LogP contribution in [0.15, 0.2) is 53.7 Å². The van der Waals surface area contributed by atoms with Crippen molar-refractivity contribution in [2.75, 3.05) is 0 Å². The molecule has 0 radical (unpaired) electrons. The molecule has 5 heteroatoms. The van der Waals surface area contributed by atoms with Crippen LogP contribution in [0.1, 0.15) is 24.5 Å². The van der Waals surface area contributed by atoms with Gasteiger partial charge in [-0.2, -0.15) is 0 Å². The number of rotatable bonds is 6. The third-order valence-corrected chi connectivity index (χ3v) is 5.01. The van der Waals surface area contributed by atoms with Gasteiger partial charge in [0.25, 0.3) is 0 Å². The fourth-order valence-electron chi connectivity index (χ4n) is 2.58. The fourth-order valence-corrected chi connectivity index (χ4v) is 3.62. The van der Waals surface area contributed by atoms with E-state index >= 15 is 0 Å². The van der Waals surface area contributed by atoms with Crippen LogP contribution in [0.5, 0.6) is 0 Å². The van der Waals surface area contributed by atoms with Crippen LogP contribution in [0.2, 0.25) is 5.02 Å². The topological polar surface area (TPSA) is 30.7 Å². The number of benzene rings is 2. The number of thioether (sulfide) groups is 1. The molecular weight excluding hydrogens is 338 g/mol. The van der Waals surface area contributed by atoms with E-state index in [0.29, 0.717) is 0 Å². The highest BCUT2D eigenvalue weighted by molar-refractivity contribution is 7.98. The van der Waals surface area contributed by atoms with Gasteiger partial charge in [-0.25, -0.2) is 0 Å². The Hall–Kier alpha value is -1.78. The van der Waals surface area contributed by atoms with Gasteiger partial charge in [0.15, 0.2) is 11.0 Å². The molecular formula is C19H20ClN3S. The van der Waals surface area contributed by atoms with E-state index in [1.165, 1.54) is 11.1 Å². The van der Waals surface area contributed by atoms with Crippen molar-refractivity contribution in [3.8, 4) is 11.4 Å². The third kappa shape index (κ3) is 4.00. The summed E-state index contributed by atoms with van der Waals surface area (Å²) in [4.78, 5) is 0. The van der Waals surface area contributed by atoms with Crippen LogP contribution in [0, 0.1) is 6.92 Å². The van der Waals surface area contributed by atoms with E-state index in [2.05, 4.69) is 52.9 Å². The summed E-state index contributed by atoms with van der Waals surface area (Å²) >= 11 is 7.72. The lowest BCUT2D eigenvalue weighted by molar-refractivity contribution is 0.626. The van der Waals surface area contributed by atoms with Crippen molar-refractivity contribution in [2.24, 2.45) is 0 Å². The quantitative estimate of drug-likeness (QED) is 0.537. The van der Waals surface area contributed by atoms with Crippen molar-refractivity contribution in [3.05, 3.63) is 64.7 Å². The Kier molecular flexibility index (Phi) is 5.59. The first kappa shape index (κ1) is 17.1. The summed E-state index contributed by atoms with van der Waals surface area (Å²) in [6.45, 7) is 5.19. The highest BCUT2D eigenvalue weighted by Crippen LogP contribution is 2.27. The van der Waals surface area contributed by atoms with Gasteiger partial charge in [-0.1, -0.05) is 60.1 Å². The molecule has 0 atom stereocenters. The monoisotopic (exact) mass is 357 g/mol. The lowest BCUT2D eigenvalue weighted by Gasteiger charge is -2.09. The maximum absolute atomic E-state index is 5.99. The Labute approximate surface area is 152 Å². The number of hydrogen-bond acceptors (Lipinski definition) is 3. The molecule has 0 aliphatic rings. The summed E-state index contributed by atoms with van der Waals surface area (Å²) in [6.07, 6.45) is 1.04. The fraction of sp³-hybridized carbons (Fsp3) is 0.263. The van der Waals surface area contributed by atoms with Gasteiger partial charge in [-0.05, 0) is 43.2 Å². The number of aryl methyl sites for hydroxylation is 1. The molecule has 0 bridgehead atoms. The van der Waals surface area contributed by atoms with Gasteiger partial charge < -0.3 is 4.57 Å². The zero-order valence-corrected chi connectivity index (χ0v) is 15.4. The zero-order chi connectivity index (χ0) is 16.9. The molecule has 0 amide bonds. The summed E-state index contributed by atoms with van der Waals surface area (Å²) in [7, 11) is 0. The van der Waals surface area contributed by atoms with Gasteiger partial charge in [0.05, 0.1) is 0 Å². The van der Waals surface area contributed by atoms with Crippen molar-refractivity contribution < 1.29 is 0 Å². The third-order valence-electron chi connectivity index (χ3n) is 3.72. The summed E-state index contributed by atoms with van der Waals surface area (Å²) in [5, 5.41) is 10.5. The average molecular weight is 358 g/mol. The minimum absolute atomic E-state index is 0.731. The van der Waals surface area contributed by atoms with Gasteiger partial charge in [0.1, 0.15) is 0 Å².